The van der Waals surface area contributed by atoms with Gasteiger partial charge in [0.05, 0.1) is 11.5 Å². The molecule has 1 aliphatic heterocycles. The minimum atomic E-state index is -0.527. The first-order chi connectivity index (χ1) is 6.65. The first-order valence-corrected chi connectivity index (χ1v) is 5.83. The van der Waals surface area contributed by atoms with Crippen molar-refractivity contribution < 1.29 is 14.0 Å². The molecule has 0 saturated carbocycles. The molecule has 0 fully saturated rings. The second-order valence-electron chi connectivity index (χ2n) is 3.03. The summed E-state index contributed by atoms with van der Waals surface area (Å²) in [5.41, 5.74) is 0.549. The summed E-state index contributed by atoms with van der Waals surface area (Å²) in [6, 6.07) is 0. The highest BCUT2D eigenvalue weighted by atomic mass is 127. The standard InChI is InChI=1S/C9H11FINO2/c1-6-8(9(13)14-12-6)5-7(10)3-2-4-11/h3,8H,2,4-5H2,1H3/b7-3+. The van der Waals surface area contributed by atoms with Crippen LogP contribution in [0.15, 0.2) is 17.1 Å². The van der Waals surface area contributed by atoms with Gasteiger partial charge in [0.15, 0.2) is 0 Å². The van der Waals surface area contributed by atoms with Crippen molar-refractivity contribution >= 4 is 34.3 Å². The molecular formula is C9H11FINO2. The van der Waals surface area contributed by atoms with E-state index in [1.165, 1.54) is 6.08 Å². The lowest BCUT2D eigenvalue weighted by atomic mass is 10.0. The Kier molecular flexibility index (Phi) is 4.50. The number of allylic oxidation sites excluding steroid dienone is 2. The zero-order chi connectivity index (χ0) is 10.6. The topological polar surface area (TPSA) is 38.7 Å². The number of alkyl halides is 1. The molecule has 0 N–H and O–H groups in total. The zero-order valence-corrected chi connectivity index (χ0v) is 9.95. The molecule has 0 amide bonds. The molecule has 0 spiro atoms. The van der Waals surface area contributed by atoms with E-state index in [1.54, 1.807) is 6.92 Å². The number of nitrogens with zero attached hydrogens (tertiary/aromatic N) is 1. The number of rotatable bonds is 4. The molecule has 0 radical (unpaired) electrons. The molecule has 14 heavy (non-hydrogen) atoms. The third-order valence-corrected chi connectivity index (χ3v) is 2.57. The summed E-state index contributed by atoms with van der Waals surface area (Å²) in [5, 5.41) is 3.50. The van der Waals surface area contributed by atoms with Gasteiger partial charge in [-0.2, -0.15) is 0 Å². The first-order valence-electron chi connectivity index (χ1n) is 4.31. The summed E-state index contributed by atoms with van der Waals surface area (Å²) in [4.78, 5) is 15.5. The molecule has 1 heterocycles. The highest BCUT2D eigenvalue weighted by molar-refractivity contribution is 14.1. The number of hydrogen-bond acceptors (Lipinski definition) is 3. The van der Waals surface area contributed by atoms with Crippen molar-refractivity contribution in [2.45, 2.75) is 19.8 Å². The number of oxime groups is 1. The maximum atomic E-state index is 13.2. The molecule has 0 aromatic carbocycles. The van der Waals surface area contributed by atoms with E-state index in [0.29, 0.717) is 12.1 Å². The Morgan fingerprint density at radius 2 is 2.50 bits per heavy atom. The van der Waals surface area contributed by atoms with Crippen molar-refractivity contribution in [2.24, 2.45) is 11.1 Å². The second-order valence-corrected chi connectivity index (χ2v) is 4.11. The lowest BCUT2D eigenvalue weighted by Gasteiger charge is -2.03. The number of carbonyl (C=O) groups is 1. The Hall–Kier alpha value is -0.460. The Balaban J connectivity index is 2.51. The van der Waals surface area contributed by atoms with Gasteiger partial charge in [0.1, 0.15) is 5.92 Å². The van der Waals surface area contributed by atoms with Crippen LogP contribution in [0.2, 0.25) is 0 Å². The lowest BCUT2D eigenvalue weighted by Crippen LogP contribution is -2.16. The highest BCUT2D eigenvalue weighted by Gasteiger charge is 2.30. The fourth-order valence-electron chi connectivity index (χ4n) is 1.14. The van der Waals surface area contributed by atoms with Gasteiger partial charge in [0, 0.05) is 10.8 Å². The molecule has 5 heteroatoms. The van der Waals surface area contributed by atoms with Crippen LogP contribution in [-0.4, -0.2) is 16.1 Å². The smallest absolute Gasteiger partial charge is 0.318 e. The van der Waals surface area contributed by atoms with Crippen molar-refractivity contribution in [3.63, 3.8) is 0 Å². The minimum absolute atomic E-state index is 0.0742. The van der Waals surface area contributed by atoms with E-state index < -0.39 is 11.9 Å². The summed E-state index contributed by atoms with van der Waals surface area (Å²) in [5.74, 6) is -1.25. The Morgan fingerprint density at radius 1 is 1.79 bits per heavy atom. The molecule has 0 bridgehead atoms. The van der Waals surface area contributed by atoms with Crippen molar-refractivity contribution in [1.82, 2.24) is 0 Å². The normalized spacial score (nSPS) is 22.2. The van der Waals surface area contributed by atoms with E-state index in [4.69, 9.17) is 0 Å². The van der Waals surface area contributed by atoms with Crippen molar-refractivity contribution in [2.75, 3.05) is 4.43 Å². The third-order valence-electron chi connectivity index (χ3n) is 1.94. The molecule has 0 aromatic heterocycles. The monoisotopic (exact) mass is 311 g/mol. The van der Waals surface area contributed by atoms with E-state index in [1.807, 2.05) is 0 Å². The van der Waals surface area contributed by atoms with E-state index in [9.17, 15) is 9.18 Å². The van der Waals surface area contributed by atoms with Crippen LogP contribution in [0.3, 0.4) is 0 Å². The zero-order valence-electron chi connectivity index (χ0n) is 7.80. The molecule has 0 aliphatic carbocycles. The molecule has 1 atom stereocenters. The molecule has 78 valence electrons. The Labute approximate surface area is 95.5 Å². The van der Waals surface area contributed by atoms with Crippen LogP contribution >= 0.6 is 22.6 Å². The Bertz CT molecular complexity index is 289. The number of hydrogen-bond donors (Lipinski definition) is 0. The van der Waals surface area contributed by atoms with E-state index in [0.717, 1.165) is 4.43 Å². The summed E-state index contributed by atoms with van der Waals surface area (Å²) in [6.45, 7) is 1.67. The average Bonchev–Trinajstić information content (AvgIpc) is 2.46. The van der Waals surface area contributed by atoms with Crippen LogP contribution in [-0.2, 0) is 9.63 Å². The molecule has 0 aromatic rings. The summed E-state index contributed by atoms with van der Waals surface area (Å²) < 4.78 is 14.1. The maximum Gasteiger partial charge on any atom is 0.344 e. The van der Waals surface area contributed by atoms with Gasteiger partial charge in [-0.15, -0.1) is 0 Å². The molecule has 3 nitrogen and oxygen atoms in total. The fourth-order valence-corrected chi connectivity index (χ4v) is 1.45. The van der Waals surface area contributed by atoms with E-state index >= 15 is 0 Å². The highest BCUT2D eigenvalue weighted by Crippen LogP contribution is 2.21. The first kappa shape index (κ1) is 11.6. The van der Waals surface area contributed by atoms with Crippen LogP contribution in [0.1, 0.15) is 19.8 Å². The van der Waals surface area contributed by atoms with Crippen LogP contribution < -0.4 is 0 Å². The van der Waals surface area contributed by atoms with Gasteiger partial charge in [-0.05, 0) is 13.3 Å². The maximum absolute atomic E-state index is 13.2. The number of halogens is 2. The van der Waals surface area contributed by atoms with Gasteiger partial charge in [0.25, 0.3) is 0 Å². The number of carbonyl (C=O) groups excluding carboxylic acids is 1. The lowest BCUT2D eigenvalue weighted by molar-refractivity contribution is -0.143. The summed E-state index contributed by atoms with van der Waals surface area (Å²) >= 11 is 2.17. The van der Waals surface area contributed by atoms with Crippen LogP contribution in [0, 0.1) is 5.92 Å². The predicted molar refractivity (Wildman–Crippen MR) is 60.0 cm³/mol. The van der Waals surface area contributed by atoms with Crippen LogP contribution in [0.4, 0.5) is 4.39 Å². The second kappa shape index (κ2) is 5.43. The molecular weight excluding hydrogens is 300 g/mol. The largest absolute Gasteiger partial charge is 0.344 e. The summed E-state index contributed by atoms with van der Waals surface area (Å²) in [6.07, 6.45) is 2.26. The third kappa shape index (κ3) is 3.04. The molecule has 1 rings (SSSR count). The van der Waals surface area contributed by atoms with Crippen molar-refractivity contribution in [3.05, 3.63) is 11.9 Å². The molecule has 1 aliphatic rings. The van der Waals surface area contributed by atoms with Crippen LogP contribution in [0.25, 0.3) is 0 Å². The van der Waals surface area contributed by atoms with Crippen LogP contribution in [0.5, 0.6) is 0 Å². The molecule has 1 unspecified atom stereocenters. The van der Waals surface area contributed by atoms with Gasteiger partial charge in [0.2, 0.25) is 0 Å². The van der Waals surface area contributed by atoms with Crippen molar-refractivity contribution in [3.8, 4) is 0 Å². The van der Waals surface area contributed by atoms with Gasteiger partial charge in [-0.3, -0.25) is 0 Å². The fraction of sp³-hybridized carbons (Fsp3) is 0.556. The molecule has 0 saturated heterocycles. The van der Waals surface area contributed by atoms with Gasteiger partial charge < -0.3 is 4.84 Å². The van der Waals surface area contributed by atoms with Gasteiger partial charge in [-0.25, -0.2) is 9.18 Å². The van der Waals surface area contributed by atoms with Gasteiger partial charge in [-0.1, -0.05) is 33.8 Å². The predicted octanol–water partition coefficient (Wildman–Crippen LogP) is 2.60. The summed E-state index contributed by atoms with van der Waals surface area (Å²) in [7, 11) is 0. The van der Waals surface area contributed by atoms with Crippen molar-refractivity contribution in [1.29, 1.82) is 0 Å². The van der Waals surface area contributed by atoms with E-state index in [2.05, 4.69) is 32.6 Å². The quantitative estimate of drug-likeness (QED) is 0.455. The van der Waals surface area contributed by atoms with Gasteiger partial charge >= 0.3 is 5.97 Å². The average molecular weight is 311 g/mol. The SMILES string of the molecule is CC1=NOC(=O)C1C/C(F)=C\CCI. The minimum Gasteiger partial charge on any atom is -0.318 e. The van der Waals surface area contributed by atoms with E-state index in [-0.39, 0.29) is 12.2 Å². The Morgan fingerprint density at radius 3 is 3.00 bits per heavy atom.